The van der Waals surface area contributed by atoms with Gasteiger partial charge in [0.25, 0.3) is 0 Å². The number of nitrogens with zero attached hydrogens (tertiary/aromatic N) is 4. The Morgan fingerprint density at radius 3 is 3.33 bits per heavy atom. The van der Waals surface area contributed by atoms with Crippen LogP contribution in [0.4, 0.5) is 0 Å². The van der Waals surface area contributed by atoms with Crippen molar-refractivity contribution in [2.75, 3.05) is 26.2 Å². The van der Waals surface area contributed by atoms with Gasteiger partial charge in [0, 0.05) is 26.2 Å². The van der Waals surface area contributed by atoms with Crippen molar-refractivity contribution in [3.8, 4) is 0 Å². The fourth-order valence-electron chi connectivity index (χ4n) is 2.82. The van der Waals surface area contributed by atoms with Gasteiger partial charge in [-0.3, -0.25) is 4.90 Å². The summed E-state index contributed by atoms with van der Waals surface area (Å²) < 4.78 is 7.83. The molecule has 1 N–H and O–H groups in total. The van der Waals surface area contributed by atoms with E-state index in [1.165, 1.54) is 19.4 Å². The second-order valence-electron chi connectivity index (χ2n) is 5.24. The summed E-state index contributed by atoms with van der Waals surface area (Å²) in [5, 5.41) is 11.3. The van der Waals surface area contributed by atoms with Gasteiger partial charge in [-0.1, -0.05) is 0 Å². The van der Waals surface area contributed by atoms with Gasteiger partial charge in [0.2, 0.25) is 0 Å². The van der Waals surface area contributed by atoms with E-state index < -0.39 is 0 Å². The molecule has 3 rings (SSSR count). The molecule has 0 amide bonds. The molecule has 2 aliphatic rings. The van der Waals surface area contributed by atoms with E-state index in [-0.39, 0.29) is 0 Å². The zero-order valence-electron chi connectivity index (χ0n) is 10.9. The van der Waals surface area contributed by atoms with E-state index in [2.05, 4.69) is 20.4 Å². The predicted octanol–water partition coefficient (Wildman–Crippen LogP) is -0.232. The Labute approximate surface area is 107 Å². The molecule has 2 atom stereocenters. The topological polar surface area (TPSA) is 55.2 Å². The first kappa shape index (κ1) is 12.1. The Kier molecular flexibility index (Phi) is 3.58. The highest BCUT2D eigenvalue weighted by Gasteiger charge is 2.31. The summed E-state index contributed by atoms with van der Waals surface area (Å²) in [7, 11) is 1.96. The van der Waals surface area contributed by atoms with Crippen molar-refractivity contribution in [1.82, 2.24) is 25.0 Å². The molecule has 1 aromatic heterocycles. The van der Waals surface area contributed by atoms with E-state index in [0.29, 0.717) is 12.1 Å². The standard InChI is InChI=1S/C12H21N5O/c1-16-9-14-15-12(16)6-13-5-11-7-17-4-2-3-10(17)8-18-11/h9-11,13H,2-8H2,1H3. The summed E-state index contributed by atoms with van der Waals surface area (Å²) in [5.74, 6) is 0.963. The van der Waals surface area contributed by atoms with Gasteiger partial charge >= 0.3 is 0 Å². The van der Waals surface area contributed by atoms with Crippen molar-refractivity contribution in [2.45, 2.75) is 31.5 Å². The third-order valence-corrected chi connectivity index (χ3v) is 3.92. The third kappa shape index (κ3) is 2.55. The van der Waals surface area contributed by atoms with E-state index in [1.807, 2.05) is 11.6 Å². The SMILES string of the molecule is Cn1cnnc1CNCC1CN2CCCC2CO1. The lowest BCUT2D eigenvalue weighted by Crippen LogP contribution is -2.49. The van der Waals surface area contributed by atoms with Crippen LogP contribution in [-0.4, -0.2) is 58.1 Å². The molecule has 3 heterocycles. The monoisotopic (exact) mass is 251 g/mol. The molecule has 0 bridgehead atoms. The number of aromatic nitrogens is 3. The summed E-state index contributed by atoms with van der Waals surface area (Å²) >= 11 is 0. The molecule has 6 nitrogen and oxygen atoms in total. The van der Waals surface area contributed by atoms with Crippen molar-refractivity contribution in [1.29, 1.82) is 0 Å². The largest absolute Gasteiger partial charge is 0.374 e. The summed E-state index contributed by atoms with van der Waals surface area (Å²) in [4.78, 5) is 2.57. The zero-order chi connectivity index (χ0) is 12.4. The first-order valence-corrected chi connectivity index (χ1v) is 6.72. The molecule has 0 aromatic carbocycles. The van der Waals surface area contributed by atoms with E-state index in [0.717, 1.165) is 32.1 Å². The molecule has 18 heavy (non-hydrogen) atoms. The second kappa shape index (κ2) is 5.34. The smallest absolute Gasteiger partial charge is 0.146 e. The Bertz CT molecular complexity index is 394. The maximum atomic E-state index is 5.89. The maximum absolute atomic E-state index is 5.89. The van der Waals surface area contributed by atoms with Crippen LogP contribution in [0.3, 0.4) is 0 Å². The van der Waals surface area contributed by atoms with Crippen LogP contribution < -0.4 is 5.32 Å². The second-order valence-corrected chi connectivity index (χ2v) is 5.24. The lowest BCUT2D eigenvalue weighted by atomic mass is 10.2. The summed E-state index contributed by atoms with van der Waals surface area (Å²) in [6, 6.07) is 0.681. The van der Waals surface area contributed by atoms with Gasteiger partial charge in [-0.25, -0.2) is 0 Å². The number of ether oxygens (including phenoxy) is 1. The van der Waals surface area contributed by atoms with Crippen LogP contribution >= 0.6 is 0 Å². The number of aryl methyl sites for hydroxylation is 1. The van der Waals surface area contributed by atoms with E-state index in [4.69, 9.17) is 4.74 Å². The van der Waals surface area contributed by atoms with Crippen LogP contribution in [-0.2, 0) is 18.3 Å². The molecule has 2 fully saturated rings. The van der Waals surface area contributed by atoms with E-state index >= 15 is 0 Å². The quantitative estimate of drug-likeness (QED) is 0.801. The Morgan fingerprint density at radius 2 is 2.50 bits per heavy atom. The summed E-state index contributed by atoms with van der Waals surface area (Å²) in [6.45, 7) is 4.84. The number of fused-ring (bicyclic) bond motifs is 1. The molecule has 6 heteroatoms. The molecule has 0 spiro atoms. The fraction of sp³-hybridized carbons (Fsp3) is 0.833. The Hall–Kier alpha value is -0.980. The lowest BCUT2D eigenvalue weighted by molar-refractivity contribution is -0.0471. The molecule has 100 valence electrons. The van der Waals surface area contributed by atoms with Crippen molar-refractivity contribution >= 4 is 0 Å². The van der Waals surface area contributed by atoms with Crippen molar-refractivity contribution in [2.24, 2.45) is 7.05 Å². The minimum Gasteiger partial charge on any atom is -0.374 e. The summed E-state index contributed by atoms with van der Waals surface area (Å²) in [6.07, 6.45) is 4.67. The molecule has 2 aliphatic heterocycles. The minimum absolute atomic E-state index is 0.313. The highest BCUT2D eigenvalue weighted by molar-refractivity contribution is 4.87. The highest BCUT2D eigenvalue weighted by Crippen LogP contribution is 2.22. The first-order valence-electron chi connectivity index (χ1n) is 6.72. The van der Waals surface area contributed by atoms with Crippen LogP contribution in [0, 0.1) is 0 Å². The zero-order valence-corrected chi connectivity index (χ0v) is 10.9. The fourth-order valence-corrected chi connectivity index (χ4v) is 2.82. The Morgan fingerprint density at radius 1 is 1.56 bits per heavy atom. The normalized spacial score (nSPS) is 28.5. The molecule has 2 saturated heterocycles. The number of hydrogen-bond donors (Lipinski definition) is 1. The maximum Gasteiger partial charge on any atom is 0.146 e. The number of rotatable bonds is 4. The molecular formula is C12H21N5O. The Balaban J connectivity index is 1.42. The molecule has 0 radical (unpaired) electrons. The van der Waals surface area contributed by atoms with Gasteiger partial charge in [-0.2, -0.15) is 0 Å². The number of morpholine rings is 1. The average Bonchev–Trinajstić information content (AvgIpc) is 2.98. The van der Waals surface area contributed by atoms with Crippen LogP contribution in [0.5, 0.6) is 0 Å². The van der Waals surface area contributed by atoms with Gasteiger partial charge in [0.15, 0.2) is 0 Å². The van der Waals surface area contributed by atoms with Gasteiger partial charge < -0.3 is 14.6 Å². The first-order chi connectivity index (χ1) is 8.83. The van der Waals surface area contributed by atoms with Crippen LogP contribution in [0.25, 0.3) is 0 Å². The molecule has 1 aromatic rings. The van der Waals surface area contributed by atoms with Crippen LogP contribution in [0.1, 0.15) is 18.7 Å². The van der Waals surface area contributed by atoms with Crippen molar-refractivity contribution < 1.29 is 4.74 Å². The van der Waals surface area contributed by atoms with Gasteiger partial charge in [0.1, 0.15) is 12.2 Å². The van der Waals surface area contributed by atoms with E-state index in [1.54, 1.807) is 6.33 Å². The van der Waals surface area contributed by atoms with Crippen LogP contribution in [0.2, 0.25) is 0 Å². The molecule has 0 aliphatic carbocycles. The van der Waals surface area contributed by atoms with Gasteiger partial charge in [0.05, 0.1) is 19.3 Å². The predicted molar refractivity (Wildman–Crippen MR) is 67.0 cm³/mol. The molecule has 2 unspecified atom stereocenters. The average molecular weight is 251 g/mol. The van der Waals surface area contributed by atoms with Crippen molar-refractivity contribution in [3.05, 3.63) is 12.2 Å². The van der Waals surface area contributed by atoms with Crippen LogP contribution in [0.15, 0.2) is 6.33 Å². The third-order valence-electron chi connectivity index (χ3n) is 3.92. The summed E-state index contributed by atoms with van der Waals surface area (Å²) in [5.41, 5.74) is 0. The number of nitrogens with one attached hydrogen (secondary N) is 1. The minimum atomic E-state index is 0.313. The number of hydrogen-bond acceptors (Lipinski definition) is 5. The van der Waals surface area contributed by atoms with E-state index in [9.17, 15) is 0 Å². The molecule has 0 saturated carbocycles. The van der Waals surface area contributed by atoms with Gasteiger partial charge in [-0.05, 0) is 19.4 Å². The lowest BCUT2D eigenvalue weighted by Gasteiger charge is -2.35. The molecular weight excluding hydrogens is 230 g/mol. The van der Waals surface area contributed by atoms with Gasteiger partial charge in [-0.15, -0.1) is 10.2 Å². The highest BCUT2D eigenvalue weighted by atomic mass is 16.5. The van der Waals surface area contributed by atoms with Crippen molar-refractivity contribution in [3.63, 3.8) is 0 Å².